The summed E-state index contributed by atoms with van der Waals surface area (Å²) in [5.41, 5.74) is 0.694. The molecule has 0 spiro atoms. The van der Waals surface area contributed by atoms with Crippen molar-refractivity contribution >= 4 is 17.5 Å². The molecule has 0 radical (unpaired) electrons. The highest BCUT2D eigenvalue weighted by Crippen LogP contribution is 2.17. The second kappa shape index (κ2) is 6.78. The number of nitrogens with one attached hydrogen (secondary N) is 2. The molecule has 0 heterocycles. The van der Waals surface area contributed by atoms with Gasteiger partial charge in [-0.2, -0.15) is 0 Å². The molecule has 1 rings (SSSR count). The van der Waals surface area contributed by atoms with Crippen LogP contribution in [0.3, 0.4) is 0 Å². The Kier molecular flexibility index (Phi) is 5.36. The highest BCUT2D eigenvalue weighted by Gasteiger charge is 2.15. The standard InChI is InChI=1S/C14H20N2O3/c1-9(2)15-14(18)10(3)19-13-7-5-12(6-8-13)16-11(4)17/h5-10H,1-4H3,(H,15,18)(H,16,17)/t10-/m1/s1. The third-order valence-electron chi connectivity index (χ3n) is 2.29. The van der Waals surface area contributed by atoms with Gasteiger partial charge in [-0.05, 0) is 45.0 Å². The van der Waals surface area contributed by atoms with E-state index >= 15 is 0 Å². The molecule has 0 aliphatic heterocycles. The molecule has 0 fully saturated rings. The van der Waals surface area contributed by atoms with E-state index in [0.29, 0.717) is 11.4 Å². The second-order valence-corrected chi connectivity index (χ2v) is 4.63. The summed E-state index contributed by atoms with van der Waals surface area (Å²) in [6.45, 7) is 6.93. The van der Waals surface area contributed by atoms with Crippen molar-refractivity contribution in [3.8, 4) is 5.75 Å². The van der Waals surface area contributed by atoms with Crippen molar-refractivity contribution in [3.05, 3.63) is 24.3 Å². The number of hydrogen-bond acceptors (Lipinski definition) is 3. The normalized spacial score (nSPS) is 11.8. The zero-order valence-corrected chi connectivity index (χ0v) is 11.7. The molecule has 1 atom stereocenters. The van der Waals surface area contributed by atoms with Crippen LogP contribution in [0.4, 0.5) is 5.69 Å². The van der Waals surface area contributed by atoms with Gasteiger partial charge in [0.05, 0.1) is 0 Å². The lowest BCUT2D eigenvalue weighted by atomic mass is 10.3. The average Bonchev–Trinajstić information content (AvgIpc) is 2.30. The van der Waals surface area contributed by atoms with Crippen LogP contribution in [-0.4, -0.2) is 24.0 Å². The van der Waals surface area contributed by atoms with Crippen LogP contribution in [0.25, 0.3) is 0 Å². The van der Waals surface area contributed by atoms with E-state index in [4.69, 9.17) is 4.74 Å². The summed E-state index contributed by atoms with van der Waals surface area (Å²) in [5.74, 6) is 0.305. The van der Waals surface area contributed by atoms with Gasteiger partial charge < -0.3 is 15.4 Å². The quantitative estimate of drug-likeness (QED) is 0.854. The maximum atomic E-state index is 11.7. The third-order valence-corrected chi connectivity index (χ3v) is 2.29. The summed E-state index contributed by atoms with van der Waals surface area (Å²) in [6.07, 6.45) is -0.561. The van der Waals surface area contributed by atoms with E-state index in [1.54, 1.807) is 31.2 Å². The molecule has 0 aromatic heterocycles. The molecule has 19 heavy (non-hydrogen) atoms. The number of anilines is 1. The summed E-state index contributed by atoms with van der Waals surface area (Å²) in [5, 5.41) is 5.44. The van der Waals surface area contributed by atoms with E-state index in [2.05, 4.69) is 10.6 Å². The largest absolute Gasteiger partial charge is 0.481 e. The summed E-state index contributed by atoms with van der Waals surface area (Å²) >= 11 is 0. The predicted octanol–water partition coefficient (Wildman–Crippen LogP) is 1.94. The van der Waals surface area contributed by atoms with Crippen molar-refractivity contribution in [2.24, 2.45) is 0 Å². The first kappa shape index (κ1) is 15.0. The first-order valence-electron chi connectivity index (χ1n) is 6.23. The molecule has 104 valence electrons. The molecule has 0 bridgehead atoms. The number of carbonyl (C=O) groups excluding carboxylic acids is 2. The Labute approximate surface area is 113 Å². The Balaban J connectivity index is 2.57. The topological polar surface area (TPSA) is 67.4 Å². The molecule has 0 unspecified atom stereocenters. The molecule has 0 aliphatic carbocycles. The monoisotopic (exact) mass is 264 g/mol. The number of carbonyl (C=O) groups is 2. The maximum Gasteiger partial charge on any atom is 0.260 e. The van der Waals surface area contributed by atoms with E-state index in [1.807, 2.05) is 13.8 Å². The highest BCUT2D eigenvalue weighted by molar-refractivity contribution is 5.88. The van der Waals surface area contributed by atoms with Gasteiger partial charge in [0.1, 0.15) is 5.75 Å². The van der Waals surface area contributed by atoms with Crippen molar-refractivity contribution in [1.29, 1.82) is 0 Å². The van der Waals surface area contributed by atoms with E-state index < -0.39 is 6.10 Å². The molecule has 0 saturated heterocycles. The van der Waals surface area contributed by atoms with Gasteiger partial charge in [0.25, 0.3) is 5.91 Å². The van der Waals surface area contributed by atoms with Gasteiger partial charge in [-0.15, -0.1) is 0 Å². The predicted molar refractivity (Wildman–Crippen MR) is 74.1 cm³/mol. The fourth-order valence-corrected chi connectivity index (χ4v) is 1.48. The molecule has 0 aliphatic rings. The number of amides is 2. The average molecular weight is 264 g/mol. The van der Waals surface area contributed by atoms with E-state index in [9.17, 15) is 9.59 Å². The van der Waals surface area contributed by atoms with E-state index in [1.165, 1.54) is 6.92 Å². The number of ether oxygens (including phenoxy) is 1. The molecular formula is C14H20N2O3. The van der Waals surface area contributed by atoms with Gasteiger partial charge in [0.2, 0.25) is 5.91 Å². The van der Waals surface area contributed by atoms with Crippen LogP contribution in [0.1, 0.15) is 27.7 Å². The van der Waals surface area contributed by atoms with E-state index in [-0.39, 0.29) is 17.9 Å². The summed E-state index contributed by atoms with van der Waals surface area (Å²) in [7, 11) is 0. The molecule has 5 heteroatoms. The Bertz CT molecular complexity index is 441. The third kappa shape index (κ3) is 5.42. The van der Waals surface area contributed by atoms with Crippen LogP contribution < -0.4 is 15.4 Å². The van der Waals surface area contributed by atoms with Crippen LogP contribution in [0, 0.1) is 0 Å². The fraction of sp³-hybridized carbons (Fsp3) is 0.429. The Morgan fingerprint density at radius 1 is 1.11 bits per heavy atom. The van der Waals surface area contributed by atoms with E-state index in [0.717, 1.165) is 0 Å². The minimum atomic E-state index is -0.561. The highest BCUT2D eigenvalue weighted by atomic mass is 16.5. The minimum absolute atomic E-state index is 0.0840. The number of benzene rings is 1. The zero-order chi connectivity index (χ0) is 14.4. The van der Waals surface area contributed by atoms with Crippen molar-refractivity contribution in [2.45, 2.75) is 39.8 Å². The second-order valence-electron chi connectivity index (χ2n) is 4.63. The van der Waals surface area contributed by atoms with Crippen LogP contribution in [0.15, 0.2) is 24.3 Å². The number of rotatable bonds is 5. The Morgan fingerprint density at radius 3 is 2.16 bits per heavy atom. The fourth-order valence-electron chi connectivity index (χ4n) is 1.48. The maximum absolute atomic E-state index is 11.7. The SMILES string of the molecule is CC(=O)Nc1ccc(O[C@H](C)C(=O)NC(C)C)cc1. The Hall–Kier alpha value is -2.04. The van der Waals surface area contributed by atoms with Gasteiger partial charge in [0, 0.05) is 18.7 Å². The zero-order valence-electron chi connectivity index (χ0n) is 11.7. The van der Waals surface area contributed by atoms with Crippen LogP contribution >= 0.6 is 0 Å². The molecule has 2 amide bonds. The molecule has 5 nitrogen and oxygen atoms in total. The summed E-state index contributed by atoms with van der Waals surface area (Å²) < 4.78 is 5.51. The minimum Gasteiger partial charge on any atom is -0.481 e. The summed E-state index contributed by atoms with van der Waals surface area (Å²) in [4.78, 5) is 22.5. The van der Waals surface area contributed by atoms with Crippen molar-refractivity contribution < 1.29 is 14.3 Å². The van der Waals surface area contributed by atoms with Gasteiger partial charge in [-0.1, -0.05) is 0 Å². The molecule has 2 N–H and O–H groups in total. The van der Waals surface area contributed by atoms with Crippen LogP contribution in [-0.2, 0) is 9.59 Å². The lowest BCUT2D eigenvalue weighted by Crippen LogP contribution is -2.40. The van der Waals surface area contributed by atoms with Crippen molar-refractivity contribution in [2.75, 3.05) is 5.32 Å². The molecule has 0 saturated carbocycles. The van der Waals surface area contributed by atoms with Gasteiger partial charge in [-0.25, -0.2) is 0 Å². The van der Waals surface area contributed by atoms with Crippen LogP contribution in [0.5, 0.6) is 5.75 Å². The lowest BCUT2D eigenvalue weighted by molar-refractivity contribution is -0.127. The Morgan fingerprint density at radius 2 is 1.68 bits per heavy atom. The number of hydrogen-bond donors (Lipinski definition) is 2. The van der Waals surface area contributed by atoms with Crippen LogP contribution in [0.2, 0.25) is 0 Å². The van der Waals surface area contributed by atoms with Gasteiger partial charge in [0.15, 0.2) is 6.10 Å². The van der Waals surface area contributed by atoms with Crippen molar-refractivity contribution in [1.82, 2.24) is 5.32 Å². The van der Waals surface area contributed by atoms with Gasteiger partial charge in [-0.3, -0.25) is 9.59 Å². The lowest BCUT2D eigenvalue weighted by Gasteiger charge is -2.16. The first-order valence-corrected chi connectivity index (χ1v) is 6.23. The van der Waals surface area contributed by atoms with Crippen molar-refractivity contribution in [3.63, 3.8) is 0 Å². The first-order chi connectivity index (χ1) is 8.88. The van der Waals surface area contributed by atoms with Gasteiger partial charge >= 0.3 is 0 Å². The summed E-state index contributed by atoms with van der Waals surface area (Å²) in [6, 6.07) is 6.96. The molecule has 1 aromatic carbocycles. The smallest absolute Gasteiger partial charge is 0.260 e. The molecular weight excluding hydrogens is 244 g/mol. The molecule has 1 aromatic rings.